The van der Waals surface area contributed by atoms with Crippen LogP contribution in [0.4, 0.5) is 0 Å². The molecule has 0 aliphatic heterocycles. The molecule has 0 amide bonds. The molecule has 0 aromatic heterocycles. The molecule has 4 nitrogen and oxygen atoms in total. The lowest BCUT2D eigenvalue weighted by atomic mass is 10.2. The first kappa shape index (κ1) is 10.4. The largest absolute Gasteiger partial charge is 0.497 e. The molecule has 0 rings (SSSR count). The molecular weight excluding hydrogens is 158 g/mol. The van der Waals surface area contributed by atoms with Gasteiger partial charge in [-0.15, -0.1) is 0 Å². The summed E-state index contributed by atoms with van der Waals surface area (Å²) in [6.07, 6.45) is 3.72. The number of nitrogens with zero attached hydrogens (tertiary/aromatic N) is 1. The molecule has 0 aromatic carbocycles. The Labute approximate surface area is 71.0 Å². The van der Waals surface area contributed by atoms with Gasteiger partial charge in [-0.1, -0.05) is 6.58 Å². The molecule has 0 aliphatic rings. The lowest BCUT2D eigenvalue weighted by molar-refractivity contribution is -0.402. The van der Waals surface area contributed by atoms with Crippen LogP contribution in [-0.2, 0) is 4.74 Å². The summed E-state index contributed by atoms with van der Waals surface area (Å²) in [5.74, 6) is 0.535. The molecule has 0 saturated carbocycles. The van der Waals surface area contributed by atoms with Crippen LogP contribution in [0, 0.1) is 10.1 Å². The minimum Gasteiger partial charge on any atom is -0.497 e. The van der Waals surface area contributed by atoms with Crippen LogP contribution in [-0.4, -0.2) is 12.0 Å². The van der Waals surface area contributed by atoms with Crippen molar-refractivity contribution in [1.82, 2.24) is 0 Å². The zero-order chi connectivity index (χ0) is 9.56. The van der Waals surface area contributed by atoms with Crippen molar-refractivity contribution in [2.24, 2.45) is 0 Å². The number of hydrogen-bond acceptors (Lipinski definition) is 3. The van der Waals surface area contributed by atoms with Crippen molar-refractivity contribution in [2.45, 2.75) is 6.92 Å². The molecule has 4 heteroatoms. The van der Waals surface area contributed by atoms with E-state index in [4.69, 9.17) is 4.74 Å². The van der Waals surface area contributed by atoms with Gasteiger partial charge in [-0.25, -0.2) is 0 Å². The quantitative estimate of drug-likeness (QED) is 0.279. The van der Waals surface area contributed by atoms with Gasteiger partial charge in [0.15, 0.2) is 0 Å². The Morgan fingerprint density at radius 3 is 2.58 bits per heavy atom. The Balaban J connectivity index is 4.53. The third-order valence-electron chi connectivity index (χ3n) is 1.24. The predicted octanol–water partition coefficient (Wildman–Crippen LogP) is 1.88. The number of methoxy groups -OCH3 is 1. The van der Waals surface area contributed by atoms with Gasteiger partial charge in [0.05, 0.1) is 12.0 Å². The van der Waals surface area contributed by atoms with Crippen molar-refractivity contribution < 1.29 is 9.66 Å². The maximum Gasteiger partial charge on any atom is 0.234 e. The summed E-state index contributed by atoms with van der Waals surface area (Å²) in [6, 6.07) is 0. The second-order valence-corrected chi connectivity index (χ2v) is 2.06. The number of nitro groups is 1. The molecule has 0 N–H and O–H groups in total. The first-order valence-corrected chi connectivity index (χ1v) is 3.30. The van der Waals surface area contributed by atoms with Crippen LogP contribution in [0.5, 0.6) is 0 Å². The first-order chi connectivity index (χ1) is 5.61. The Morgan fingerprint density at radius 2 is 2.25 bits per heavy atom. The molecule has 0 aromatic rings. The molecule has 0 heterocycles. The standard InChI is InChI=1S/C8H11NO3/c1-4-8(12-3)7(2)5-6-9(10)11/h4-6H,1H2,2-3H3/b6-5+,8-7-. The highest BCUT2D eigenvalue weighted by Gasteiger charge is 1.95. The topological polar surface area (TPSA) is 52.4 Å². The molecule has 0 saturated heterocycles. The van der Waals surface area contributed by atoms with E-state index < -0.39 is 4.92 Å². The monoisotopic (exact) mass is 169 g/mol. The maximum absolute atomic E-state index is 9.93. The van der Waals surface area contributed by atoms with Crippen LogP contribution in [0.1, 0.15) is 6.92 Å². The maximum atomic E-state index is 9.93. The van der Waals surface area contributed by atoms with Gasteiger partial charge in [0.1, 0.15) is 5.76 Å². The van der Waals surface area contributed by atoms with E-state index in [0.29, 0.717) is 11.3 Å². The summed E-state index contributed by atoms with van der Waals surface area (Å²) in [6.45, 7) is 5.20. The summed E-state index contributed by atoms with van der Waals surface area (Å²) in [4.78, 5) is 9.40. The summed E-state index contributed by atoms with van der Waals surface area (Å²) >= 11 is 0. The summed E-state index contributed by atoms with van der Waals surface area (Å²) in [5, 5.41) is 9.93. The lowest BCUT2D eigenvalue weighted by Crippen LogP contribution is -1.87. The van der Waals surface area contributed by atoms with Crippen molar-refractivity contribution in [2.75, 3.05) is 7.11 Å². The molecule has 66 valence electrons. The minimum atomic E-state index is -0.528. The highest BCUT2D eigenvalue weighted by atomic mass is 16.6. The van der Waals surface area contributed by atoms with E-state index in [1.54, 1.807) is 6.92 Å². The zero-order valence-corrected chi connectivity index (χ0v) is 7.11. The van der Waals surface area contributed by atoms with Gasteiger partial charge >= 0.3 is 0 Å². The fourth-order valence-corrected chi connectivity index (χ4v) is 0.660. The van der Waals surface area contributed by atoms with E-state index >= 15 is 0 Å². The van der Waals surface area contributed by atoms with Crippen molar-refractivity contribution >= 4 is 0 Å². The fraction of sp³-hybridized carbons (Fsp3) is 0.250. The first-order valence-electron chi connectivity index (χ1n) is 3.30. The van der Waals surface area contributed by atoms with Gasteiger partial charge in [0, 0.05) is 6.08 Å². The van der Waals surface area contributed by atoms with Crippen LogP contribution in [0.2, 0.25) is 0 Å². The summed E-state index contributed by atoms with van der Waals surface area (Å²) in [5.41, 5.74) is 0.671. The number of allylic oxidation sites excluding steroid dienone is 3. The van der Waals surface area contributed by atoms with E-state index in [2.05, 4.69) is 6.58 Å². The van der Waals surface area contributed by atoms with Crippen LogP contribution in [0.3, 0.4) is 0 Å². The smallest absolute Gasteiger partial charge is 0.234 e. The third-order valence-corrected chi connectivity index (χ3v) is 1.24. The Hall–Kier alpha value is -1.58. The van der Waals surface area contributed by atoms with Crippen molar-refractivity contribution in [3.63, 3.8) is 0 Å². The molecule has 0 spiro atoms. The third kappa shape index (κ3) is 3.55. The predicted molar refractivity (Wildman–Crippen MR) is 46.0 cm³/mol. The highest BCUT2D eigenvalue weighted by Crippen LogP contribution is 2.06. The van der Waals surface area contributed by atoms with Gasteiger partial charge < -0.3 is 4.74 Å². The molecule has 12 heavy (non-hydrogen) atoms. The fourth-order valence-electron chi connectivity index (χ4n) is 0.660. The van der Waals surface area contributed by atoms with E-state index in [-0.39, 0.29) is 0 Å². The second kappa shape index (κ2) is 5.12. The van der Waals surface area contributed by atoms with Crippen LogP contribution in [0.25, 0.3) is 0 Å². The molecule has 0 radical (unpaired) electrons. The lowest BCUT2D eigenvalue weighted by Gasteiger charge is -2.00. The minimum absolute atomic E-state index is 0.528. The van der Waals surface area contributed by atoms with Gasteiger partial charge in [0.2, 0.25) is 6.20 Å². The normalized spacial score (nSPS) is 12.5. The molecule has 0 fully saturated rings. The SMILES string of the molecule is C=C/C(OC)=C(C)/C=C/[N+](=O)[O-]. The van der Waals surface area contributed by atoms with Crippen molar-refractivity contribution in [3.05, 3.63) is 46.4 Å². The van der Waals surface area contributed by atoms with E-state index in [1.807, 2.05) is 0 Å². The van der Waals surface area contributed by atoms with E-state index in [1.165, 1.54) is 19.3 Å². The average molecular weight is 169 g/mol. The Morgan fingerprint density at radius 1 is 1.67 bits per heavy atom. The number of rotatable bonds is 4. The number of ether oxygens (including phenoxy) is 1. The van der Waals surface area contributed by atoms with Crippen molar-refractivity contribution in [1.29, 1.82) is 0 Å². The van der Waals surface area contributed by atoms with Gasteiger partial charge in [-0.2, -0.15) is 0 Å². The summed E-state index contributed by atoms with van der Waals surface area (Å²) in [7, 11) is 1.49. The Kier molecular flexibility index (Phi) is 4.45. The average Bonchev–Trinajstić information content (AvgIpc) is 2.03. The van der Waals surface area contributed by atoms with Gasteiger partial charge in [-0.3, -0.25) is 10.1 Å². The van der Waals surface area contributed by atoms with Gasteiger partial charge in [0.25, 0.3) is 0 Å². The molecule has 0 bridgehead atoms. The van der Waals surface area contributed by atoms with Crippen molar-refractivity contribution in [3.8, 4) is 0 Å². The van der Waals surface area contributed by atoms with E-state index in [0.717, 1.165) is 6.20 Å². The number of hydrogen-bond donors (Lipinski definition) is 0. The molecule has 0 aliphatic carbocycles. The second-order valence-electron chi connectivity index (χ2n) is 2.06. The summed E-state index contributed by atoms with van der Waals surface area (Å²) < 4.78 is 4.88. The van der Waals surface area contributed by atoms with Crippen LogP contribution < -0.4 is 0 Å². The highest BCUT2D eigenvalue weighted by molar-refractivity contribution is 5.25. The zero-order valence-electron chi connectivity index (χ0n) is 7.11. The van der Waals surface area contributed by atoms with E-state index in [9.17, 15) is 10.1 Å². The molecule has 0 atom stereocenters. The Bertz CT molecular complexity index is 241. The van der Waals surface area contributed by atoms with Gasteiger partial charge in [-0.05, 0) is 18.6 Å². The molecular formula is C8H11NO3. The molecule has 0 unspecified atom stereocenters. The van der Waals surface area contributed by atoms with Crippen LogP contribution in [0.15, 0.2) is 36.3 Å². The van der Waals surface area contributed by atoms with Crippen LogP contribution >= 0.6 is 0 Å².